The number of carboxylic acids is 1. The van der Waals surface area contributed by atoms with Crippen LogP contribution in [0.1, 0.15) is 11.1 Å². The topological polar surface area (TPSA) is 66.4 Å². The summed E-state index contributed by atoms with van der Waals surface area (Å²) in [5.41, 5.74) is 1.59. The Bertz CT molecular complexity index is 406. The van der Waals surface area contributed by atoms with Gasteiger partial charge in [0.1, 0.15) is 0 Å². The Morgan fingerprint density at radius 3 is 2.53 bits per heavy atom. The number of carboxylic acid groups (broad SMARTS) is 1. The minimum absolute atomic E-state index is 0.0193. The van der Waals surface area contributed by atoms with Gasteiger partial charge in [0.2, 0.25) is 5.91 Å². The first-order valence-electron chi connectivity index (χ1n) is 5.17. The molecule has 1 rings (SSSR count). The fourth-order valence-corrected chi connectivity index (χ4v) is 1.81. The largest absolute Gasteiger partial charge is 0.481 e. The summed E-state index contributed by atoms with van der Waals surface area (Å²) in [4.78, 5) is 22.0. The molecule has 1 aromatic carbocycles. The normalized spacial score (nSPS) is 9.94. The maximum absolute atomic E-state index is 11.3. The van der Waals surface area contributed by atoms with E-state index in [9.17, 15) is 9.59 Å². The Kier molecular flexibility index (Phi) is 5.56. The van der Waals surface area contributed by atoms with Crippen molar-refractivity contribution in [2.45, 2.75) is 13.0 Å². The minimum atomic E-state index is -0.868. The second-order valence-electron chi connectivity index (χ2n) is 3.55. The van der Waals surface area contributed by atoms with Crippen molar-refractivity contribution in [2.75, 3.05) is 12.0 Å². The van der Waals surface area contributed by atoms with Gasteiger partial charge in [0.05, 0.1) is 12.2 Å². The molecular weight excluding hydrogens is 238 g/mol. The van der Waals surface area contributed by atoms with Gasteiger partial charge in [0.25, 0.3) is 0 Å². The molecule has 4 nitrogen and oxygen atoms in total. The van der Waals surface area contributed by atoms with E-state index >= 15 is 0 Å². The highest BCUT2D eigenvalue weighted by Crippen LogP contribution is 2.09. The lowest BCUT2D eigenvalue weighted by Crippen LogP contribution is -2.25. The number of amides is 1. The Morgan fingerprint density at radius 1 is 1.29 bits per heavy atom. The van der Waals surface area contributed by atoms with Gasteiger partial charge in [0, 0.05) is 6.54 Å². The first-order valence-corrected chi connectivity index (χ1v) is 6.57. The molecule has 0 aliphatic heterocycles. The molecule has 0 heterocycles. The molecule has 0 fully saturated rings. The molecule has 0 aromatic heterocycles. The van der Waals surface area contributed by atoms with Crippen LogP contribution in [-0.2, 0) is 22.6 Å². The molecule has 5 heteroatoms. The van der Waals surface area contributed by atoms with Crippen LogP contribution >= 0.6 is 11.8 Å². The third-order valence-corrected chi connectivity index (χ3v) is 2.76. The molecule has 92 valence electrons. The Balaban J connectivity index is 2.63. The Hall–Kier alpha value is -1.49. The average molecular weight is 253 g/mol. The van der Waals surface area contributed by atoms with Gasteiger partial charge in [-0.1, -0.05) is 24.3 Å². The number of benzene rings is 1. The van der Waals surface area contributed by atoms with Gasteiger partial charge in [-0.15, -0.1) is 0 Å². The quantitative estimate of drug-likeness (QED) is 0.802. The monoisotopic (exact) mass is 253 g/mol. The van der Waals surface area contributed by atoms with Gasteiger partial charge in [-0.3, -0.25) is 9.59 Å². The summed E-state index contributed by atoms with van der Waals surface area (Å²) in [5.74, 6) is -0.489. The van der Waals surface area contributed by atoms with Gasteiger partial charge in [0.15, 0.2) is 0 Å². The molecule has 0 unspecified atom stereocenters. The zero-order valence-corrected chi connectivity index (χ0v) is 10.4. The van der Waals surface area contributed by atoms with Crippen LogP contribution in [0.15, 0.2) is 24.3 Å². The summed E-state index contributed by atoms with van der Waals surface area (Å²) in [6.07, 6.45) is 1.84. The lowest BCUT2D eigenvalue weighted by molar-refractivity contribution is -0.136. The summed E-state index contributed by atoms with van der Waals surface area (Å²) >= 11 is 1.45. The van der Waals surface area contributed by atoms with E-state index in [2.05, 4.69) is 5.32 Å². The second kappa shape index (κ2) is 6.96. The molecule has 1 aromatic rings. The predicted molar refractivity (Wildman–Crippen MR) is 68.0 cm³/mol. The summed E-state index contributed by atoms with van der Waals surface area (Å²) in [6, 6.07) is 7.23. The maximum atomic E-state index is 11.3. The van der Waals surface area contributed by atoms with Crippen molar-refractivity contribution in [3.63, 3.8) is 0 Å². The van der Waals surface area contributed by atoms with Crippen molar-refractivity contribution in [1.82, 2.24) is 5.32 Å². The lowest BCUT2D eigenvalue weighted by atomic mass is 10.0. The first-order chi connectivity index (χ1) is 8.13. The van der Waals surface area contributed by atoms with Crippen molar-refractivity contribution in [1.29, 1.82) is 0 Å². The average Bonchev–Trinajstić information content (AvgIpc) is 2.27. The molecule has 0 bridgehead atoms. The number of nitrogens with one attached hydrogen (secondary N) is 1. The summed E-state index contributed by atoms with van der Waals surface area (Å²) in [7, 11) is 0. The number of hydrogen-bond donors (Lipinski definition) is 2. The van der Waals surface area contributed by atoms with Crippen LogP contribution in [0.5, 0.6) is 0 Å². The molecular formula is C12H15NO3S. The minimum Gasteiger partial charge on any atom is -0.481 e. The van der Waals surface area contributed by atoms with Crippen LogP contribution in [0, 0.1) is 0 Å². The van der Waals surface area contributed by atoms with E-state index in [1.165, 1.54) is 11.8 Å². The van der Waals surface area contributed by atoms with E-state index in [1.807, 2.05) is 18.4 Å². The molecule has 2 N–H and O–H groups in total. The van der Waals surface area contributed by atoms with Crippen molar-refractivity contribution in [3.05, 3.63) is 35.4 Å². The summed E-state index contributed by atoms with van der Waals surface area (Å²) in [5, 5.41) is 11.5. The molecule has 0 aliphatic carbocycles. The maximum Gasteiger partial charge on any atom is 0.307 e. The number of carbonyl (C=O) groups is 2. The van der Waals surface area contributed by atoms with Crippen molar-refractivity contribution >= 4 is 23.6 Å². The van der Waals surface area contributed by atoms with Crippen LogP contribution in [-0.4, -0.2) is 29.0 Å². The fraction of sp³-hybridized carbons (Fsp3) is 0.333. The van der Waals surface area contributed by atoms with Gasteiger partial charge in [-0.05, 0) is 17.4 Å². The molecule has 0 saturated heterocycles. The van der Waals surface area contributed by atoms with Gasteiger partial charge >= 0.3 is 5.97 Å². The molecule has 1 amide bonds. The highest BCUT2D eigenvalue weighted by atomic mass is 32.2. The second-order valence-corrected chi connectivity index (χ2v) is 4.41. The molecule has 17 heavy (non-hydrogen) atoms. The standard InChI is InChI=1S/C12H15NO3S/c1-17-8-11(14)13-7-10-5-3-2-4-9(10)6-12(15)16/h2-5H,6-8H2,1H3,(H,13,14)(H,15,16). The zero-order chi connectivity index (χ0) is 12.7. The zero-order valence-electron chi connectivity index (χ0n) is 9.60. The van der Waals surface area contributed by atoms with Gasteiger partial charge in [-0.2, -0.15) is 11.8 Å². The van der Waals surface area contributed by atoms with E-state index in [-0.39, 0.29) is 12.3 Å². The summed E-state index contributed by atoms with van der Waals surface area (Å²) in [6.45, 7) is 0.378. The van der Waals surface area contributed by atoms with E-state index in [0.717, 1.165) is 11.1 Å². The smallest absolute Gasteiger partial charge is 0.307 e. The van der Waals surface area contributed by atoms with Crippen LogP contribution < -0.4 is 5.32 Å². The lowest BCUT2D eigenvalue weighted by Gasteiger charge is -2.08. The number of thioether (sulfide) groups is 1. The fourth-order valence-electron chi connectivity index (χ4n) is 1.44. The third kappa shape index (κ3) is 4.91. The van der Waals surface area contributed by atoms with Crippen molar-refractivity contribution < 1.29 is 14.7 Å². The number of hydrogen-bond acceptors (Lipinski definition) is 3. The molecule has 0 saturated carbocycles. The van der Waals surface area contributed by atoms with Crippen LogP contribution in [0.3, 0.4) is 0 Å². The molecule has 0 spiro atoms. The number of aliphatic carboxylic acids is 1. The number of carbonyl (C=O) groups excluding carboxylic acids is 1. The Labute approximate surface area is 104 Å². The third-order valence-electron chi connectivity index (χ3n) is 2.21. The van der Waals surface area contributed by atoms with Gasteiger partial charge < -0.3 is 10.4 Å². The predicted octanol–water partition coefficient (Wildman–Crippen LogP) is 1.29. The van der Waals surface area contributed by atoms with E-state index in [4.69, 9.17) is 5.11 Å². The summed E-state index contributed by atoms with van der Waals surface area (Å²) < 4.78 is 0. The van der Waals surface area contributed by atoms with Gasteiger partial charge in [-0.25, -0.2) is 0 Å². The highest BCUT2D eigenvalue weighted by Gasteiger charge is 2.07. The van der Waals surface area contributed by atoms with E-state index in [1.54, 1.807) is 12.1 Å². The van der Waals surface area contributed by atoms with Crippen molar-refractivity contribution in [2.24, 2.45) is 0 Å². The van der Waals surface area contributed by atoms with E-state index in [0.29, 0.717) is 12.3 Å². The van der Waals surface area contributed by atoms with E-state index < -0.39 is 5.97 Å². The molecule has 0 aliphatic rings. The van der Waals surface area contributed by atoms with Crippen LogP contribution in [0.4, 0.5) is 0 Å². The first kappa shape index (κ1) is 13.6. The SMILES string of the molecule is CSCC(=O)NCc1ccccc1CC(=O)O. The van der Waals surface area contributed by atoms with Crippen LogP contribution in [0.2, 0.25) is 0 Å². The van der Waals surface area contributed by atoms with Crippen molar-refractivity contribution in [3.8, 4) is 0 Å². The molecule has 0 atom stereocenters. The Morgan fingerprint density at radius 2 is 1.94 bits per heavy atom. The number of rotatable bonds is 6. The molecule has 0 radical (unpaired) electrons. The van der Waals surface area contributed by atoms with Crippen LogP contribution in [0.25, 0.3) is 0 Å². The highest BCUT2D eigenvalue weighted by molar-refractivity contribution is 7.99.